The summed E-state index contributed by atoms with van der Waals surface area (Å²) >= 11 is 0. The molecule has 0 aromatic rings. The molecule has 1 aliphatic heterocycles. The van der Waals surface area contributed by atoms with Gasteiger partial charge >= 0.3 is 0 Å². The zero-order chi connectivity index (χ0) is 14.4. The maximum Gasteiger partial charge on any atom is 0.223 e. The van der Waals surface area contributed by atoms with E-state index >= 15 is 0 Å². The number of hydrogen-bond acceptors (Lipinski definition) is 2. The van der Waals surface area contributed by atoms with Crippen molar-refractivity contribution in [2.24, 2.45) is 16.7 Å². The number of nitrogens with zero attached hydrogens (tertiary/aromatic N) is 1. The molecule has 2 aliphatic rings. The van der Waals surface area contributed by atoms with Gasteiger partial charge in [0, 0.05) is 19.0 Å². The van der Waals surface area contributed by atoms with Crippen LogP contribution in [0.25, 0.3) is 0 Å². The van der Waals surface area contributed by atoms with E-state index in [-0.39, 0.29) is 28.9 Å². The molecule has 1 heterocycles. The van der Waals surface area contributed by atoms with E-state index in [0.717, 1.165) is 25.8 Å². The Labute approximate surface area is 117 Å². The van der Waals surface area contributed by atoms with E-state index in [1.807, 2.05) is 0 Å². The smallest absolute Gasteiger partial charge is 0.223 e. The van der Waals surface area contributed by atoms with Crippen LogP contribution in [-0.2, 0) is 4.79 Å². The minimum atomic E-state index is -0.236. The molecule has 1 saturated heterocycles. The topological polar surface area (TPSA) is 40.5 Å². The Kier molecular flexibility index (Phi) is 3.72. The average molecular weight is 267 g/mol. The quantitative estimate of drug-likeness (QED) is 0.793. The van der Waals surface area contributed by atoms with Crippen LogP contribution in [0.4, 0.5) is 0 Å². The predicted octanol–water partition coefficient (Wildman–Crippen LogP) is 2.82. The van der Waals surface area contributed by atoms with E-state index in [4.69, 9.17) is 0 Å². The fraction of sp³-hybridized carbons (Fsp3) is 0.938. The maximum absolute atomic E-state index is 12.3. The van der Waals surface area contributed by atoms with Gasteiger partial charge in [0.2, 0.25) is 5.91 Å². The monoisotopic (exact) mass is 267 g/mol. The highest BCUT2D eigenvalue weighted by Gasteiger charge is 2.46. The van der Waals surface area contributed by atoms with E-state index in [0.29, 0.717) is 12.3 Å². The lowest BCUT2D eigenvalue weighted by Gasteiger charge is -2.46. The molecule has 0 aromatic carbocycles. The van der Waals surface area contributed by atoms with Crippen LogP contribution in [0, 0.1) is 16.7 Å². The van der Waals surface area contributed by atoms with Gasteiger partial charge in [-0.15, -0.1) is 0 Å². The average Bonchev–Trinajstić information content (AvgIpc) is 2.50. The Balaban J connectivity index is 2.21. The van der Waals surface area contributed by atoms with Crippen LogP contribution in [0.1, 0.15) is 60.3 Å². The minimum Gasteiger partial charge on any atom is -0.393 e. The number of rotatable bonds is 1. The van der Waals surface area contributed by atoms with Crippen LogP contribution in [0.15, 0.2) is 0 Å². The predicted molar refractivity (Wildman–Crippen MR) is 76.7 cm³/mol. The molecule has 2 rings (SSSR count). The van der Waals surface area contributed by atoms with Crippen LogP contribution in [0.3, 0.4) is 0 Å². The Bertz CT molecular complexity index is 356. The van der Waals surface area contributed by atoms with Crippen molar-refractivity contribution < 1.29 is 9.90 Å². The Hall–Kier alpha value is -0.570. The van der Waals surface area contributed by atoms with Gasteiger partial charge in [0.15, 0.2) is 0 Å². The molecule has 1 saturated carbocycles. The summed E-state index contributed by atoms with van der Waals surface area (Å²) in [5.74, 6) is 0.770. The van der Waals surface area contributed by atoms with Gasteiger partial charge in [0.05, 0.1) is 6.10 Å². The second-order valence-corrected chi connectivity index (χ2v) is 8.37. The van der Waals surface area contributed by atoms with Crippen molar-refractivity contribution in [2.45, 2.75) is 72.4 Å². The summed E-state index contributed by atoms with van der Waals surface area (Å²) < 4.78 is 0. The number of carbonyl (C=O) groups is 1. The highest BCUT2D eigenvalue weighted by molar-refractivity contribution is 5.79. The van der Waals surface area contributed by atoms with Crippen molar-refractivity contribution in [2.75, 3.05) is 6.54 Å². The van der Waals surface area contributed by atoms with Crippen LogP contribution in [0.2, 0.25) is 0 Å². The van der Waals surface area contributed by atoms with Crippen LogP contribution in [0.5, 0.6) is 0 Å². The highest BCUT2D eigenvalue weighted by atomic mass is 16.3. The lowest BCUT2D eigenvalue weighted by molar-refractivity contribution is -0.133. The lowest BCUT2D eigenvalue weighted by atomic mass is 9.68. The number of hydrogen-bond donors (Lipinski definition) is 1. The van der Waals surface area contributed by atoms with Gasteiger partial charge in [-0.05, 0) is 36.0 Å². The van der Waals surface area contributed by atoms with Gasteiger partial charge in [-0.25, -0.2) is 0 Å². The summed E-state index contributed by atoms with van der Waals surface area (Å²) in [5, 5.41) is 10.0. The maximum atomic E-state index is 12.3. The molecular formula is C16H29NO2. The molecular weight excluding hydrogens is 238 g/mol. The third-order valence-electron chi connectivity index (χ3n) is 4.85. The first-order valence-corrected chi connectivity index (χ1v) is 7.58. The molecule has 0 radical (unpaired) electrons. The molecule has 110 valence electrons. The first-order chi connectivity index (χ1) is 8.60. The molecule has 0 spiro atoms. The zero-order valence-corrected chi connectivity index (χ0v) is 13.1. The van der Waals surface area contributed by atoms with Crippen LogP contribution in [-0.4, -0.2) is 34.6 Å². The second kappa shape index (κ2) is 4.76. The van der Waals surface area contributed by atoms with Gasteiger partial charge < -0.3 is 10.0 Å². The summed E-state index contributed by atoms with van der Waals surface area (Å²) in [6, 6.07) is 0.220. The Morgan fingerprint density at radius 1 is 1.26 bits per heavy atom. The summed E-state index contributed by atoms with van der Waals surface area (Å²) in [6.07, 6.45) is 3.07. The molecule has 0 bridgehead atoms. The number of aliphatic hydroxyl groups is 1. The fourth-order valence-electron chi connectivity index (χ4n) is 3.90. The molecule has 1 aliphatic carbocycles. The van der Waals surface area contributed by atoms with Gasteiger partial charge in [-0.2, -0.15) is 0 Å². The van der Waals surface area contributed by atoms with Gasteiger partial charge in [-0.1, -0.05) is 34.6 Å². The van der Waals surface area contributed by atoms with Crippen molar-refractivity contribution in [3.8, 4) is 0 Å². The standard InChI is InChI=1S/C16H29NO2/c1-15(2,3)12-7-6-11(18)8-13(12)17-10-16(4,5)9-14(17)19/h11-13,18H,6-10H2,1-5H3. The number of carbonyl (C=O) groups excluding carboxylic acids is 1. The molecule has 2 fully saturated rings. The van der Waals surface area contributed by atoms with Crippen molar-refractivity contribution in [3.63, 3.8) is 0 Å². The van der Waals surface area contributed by atoms with Crippen molar-refractivity contribution >= 4 is 5.91 Å². The molecule has 1 amide bonds. The summed E-state index contributed by atoms with van der Waals surface area (Å²) in [7, 11) is 0. The Morgan fingerprint density at radius 3 is 2.37 bits per heavy atom. The van der Waals surface area contributed by atoms with Gasteiger partial charge in [-0.3, -0.25) is 4.79 Å². The molecule has 3 heteroatoms. The highest BCUT2D eigenvalue weighted by Crippen LogP contribution is 2.43. The zero-order valence-electron chi connectivity index (χ0n) is 13.1. The van der Waals surface area contributed by atoms with Gasteiger partial charge in [0.25, 0.3) is 0 Å². The molecule has 3 atom stereocenters. The van der Waals surface area contributed by atoms with E-state index < -0.39 is 0 Å². The van der Waals surface area contributed by atoms with Crippen molar-refractivity contribution in [1.29, 1.82) is 0 Å². The molecule has 19 heavy (non-hydrogen) atoms. The number of amides is 1. The molecule has 3 unspecified atom stereocenters. The SMILES string of the molecule is CC1(C)CC(=O)N(C2CC(O)CCC2C(C)(C)C)C1. The Morgan fingerprint density at radius 2 is 1.89 bits per heavy atom. The van der Waals surface area contributed by atoms with E-state index in [2.05, 4.69) is 39.5 Å². The first kappa shape index (κ1) is 14.8. The van der Waals surface area contributed by atoms with Crippen molar-refractivity contribution in [1.82, 2.24) is 4.90 Å². The van der Waals surface area contributed by atoms with E-state index in [1.165, 1.54) is 0 Å². The summed E-state index contributed by atoms with van der Waals surface area (Å²) in [5.41, 5.74) is 0.278. The normalized spacial score (nSPS) is 35.8. The number of likely N-dealkylation sites (tertiary alicyclic amines) is 1. The largest absolute Gasteiger partial charge is 0.393 e. The van der Waals surface area contributed by atoms with Crippen molar-refractivity contribution in [3.05, 3.63) is 0 Å². The van der Waals surface area contributed by atoms with E-state index in [1.54, 1.807) is 0 Å². The first-order valence-electron chi connectivity index (χ1n) is 7.58. The summed E-state index contributed by atoms with van der Waals surface area (Å²) in [4.78, 5) is 14.4. The molecule has 3 nitrogen and oxygen atoms in total. The lowest BCUT2D eigenvalue weighted by Crippen LogP contribution is -2.50. The third-order valence-corrected chi connectivity index (χ3v) is 4.85. The minimum absolute atomic E-state index is 0.0852. The fourth-order valence-corrected chi connectivity index (χ4v) is 3.90. The summed E-state index contributed by atoms with van der Waals surface area (Å²) in [6.45, 7) is 11.9. The molecule has 0 aromatic heterocycles. The number of aliphatic hydroxyl groups excluding tert-OH is 1. The van der Waals surface area contributed by atoms with E-state index in [9.17, 15) is 9.90 Å². The molecule has 1 N–H and O–H groups in total. The third kappa shape index (κ3) is 3.13. The second-order valence-electron chi connectivity index (χ2n) is 8.37. The van der Waals surface area contributed by atoms with Gasteiger partial charge in [0.1, 0.15) is 0 Å². The van der Waals surface area contributed by atoms with Crippen LogP contribution >= 0.6 is 0 Å². The van der Waals surface area contributed by atoms with Crippen LogP contribution < -0.4 is 0 Å².